The molecular weight excluding hydrogens is 360 g/mol. The van der Waals surface area contributed by atoms with Gasteiger partial charge in [0.05, 0.1) is 17.8 Å². The molecule has 0 unspecified atom stereocenters. The average Bonchev–Trinajstić information content (AvgIpc) is 3.19. The number of amidine groups is 1. The Morgan fingerprint density at radius 3 is 2.85 bits per heavy atom. The summed E-state index contributed by atoms with van der Waals surface area (Å²) in [7, 11) is 0. The Bertz CT molecular complexity index is 1020. The van der Waals surface area contributed by atoms with Crippen LogP contribution < -0.4 is 11.1 Å². The summed E-state index contributed by atoms with van der Waals surface area (Å²) in [5.74, 6) is 1.20. The van der Waals surface area contributed by atoms with Gasteiger partial charge < -0.3 is 16.0 Å². The lowest BCUT2D eigenvalue weighted by molar-refractivity contribution is 0.547. The van der Waals surface area contributed by atoms with E-state index in [1.807, 2.05) is 35.2 Å². The highest BCUT2D eigenvalue weighted by Gasteiger charge is 2.34. The van der Waals surface area contributed by atoms with E-state index in [0.29, 0.717) is 53.2 Å². The molecule has 0 amide bonds. The quantitative estimate of drug-likeness (QED) is 0.856. The normalized spacial score (nSPS) is 16.1. The van der Waals surface area contributed by atoms with Crippen molar-refractivity contribution in [3.05, 3.63) is 82.0 Å². The van der Waals surface area contributed by atoms with Gasteiger partial charge in [-0.15, -0.1) is 0 Å². The summed E-state index contributed by atoms with van der Waals surface area (Å²) in [4.78, 5) is 10.6. The molecule has 3 N–H and O–H groups in total. The number of benzene rings is 1. The highest BCUT2D eigenvalue weighted by atomic mass is 35.5. The van der Waals surface area contributed by atoms with Crippen LogP contribution in [0.2, 0.25) is 5.02 Å². The fourth-order valence-corrected chi connectivity index (χ4v) is 3.53. The van der Waals surface area contributed by atoms with Gasteiger partial charge in [-0.2, -0.15) is 5.26 Å². The largest absolute Gasteiger partial charge is 0.384 e. The fourth-order valence-electron chi connectivity index (χ4n) is 3.30. The number of allylic oxidation sites excluding steroid dienone is 2. The number of aliphatic imine (C=N–C) groups is 1. The molecule has 2 aromatic rings. The molecule has 7 heteroatoms. The van der Waals surface area contributed by atoms with E-state index in [0.717, 1.165) is 11.1 Å². The van der Waals surface area contributed by atoms with Gasteiger partial charge in [-0.3, -0.25) is 9.98 Å². The Hall–Kier alpha value is -3.30. The third-order valence-electron chi connectivity index (χ3n) is 4.56. The van der Waals surface area contributed by atoms with E-state index in [1.165, 1.54) is 0 Å². The van der Waals surface area contributed by atoms with Gasteiger partial charge in [0.15, 0.2) is 5.84 Å². The lowest BCUT2D eigenvalue weighted by Gasteiger charge is -2.31. The Morgan fingerprint density at radius 1 is 1.26 bits per heavy atom. The maximum atomic E-state index is 9.95. The predicted molar refractivity (Wildman–Crippen MR) is 105 cm³/mol. The molecule has 0 saturated carbocycles. The van der Waals surface area contributed by atoms with Crippen molar-refractivity contribution in [2.75, 3.05) is 13.1 Å². The highest BCUT2D eigenvalue weighted by molar-refractivity contribution is 6.32. The SMILES string of the molecule is N#CC1=C(NCc2cccnc2)C2=NCCN2C(N)=C1c1ccccc1Cl. The van der Waals surface area contributed by atoms with Gasteiger partial charge in [0, 0.05) is 41.6 Å². The van der Waals surface area contributed by atoms with E-state index in [4.69, 9.17) is 17.3 Å². The minimum Gasteiger partial charge on any atom is -0.384 e. The molecule has 3 heterocycles. The molecule has 27 heavy (non-hydrogen) atoms. The van der Waals surface area contributed by atoms with Crippen molar-refractivity contribution in [1.29, 1.82) is 5.26 Å². The number of pyridine rings is 1. The average molecular weight is 377 g/mol. The first-order valence-electron chi connectivity index (χ1n) is 8.55. The molecule has 134 valence electrons. The molecule has 2 aliphatic rings. The summed E-state index contributed by atoms with van der Waals surface area (Å²) in [5.41, 5.74) is 9.94. The van der Waals surface area contributed by atoms with Crippen molar-refractivity contribution in [3.63, 3.8) is 0 Å². The Labute approximate surface area is 162 Å². The van der Waals surface area contributed by atoms with Crippen molar-refractivity contribution in [2.45, 2.75) is 6.54 Å². The first kappa shape index (κ1) is 17.1. The van der Waals surface area contributed by atoms with Crippen LogP contribution in [0.25, 0.3) is 5.57 Å². The van der Waals surface area contributed by atoms with Crippen molar-refractivity contribution in [2.24, 2.45) is 10.7 Å². The van der Waals surface area contributed by atoms with Crippen LogP contribution in [0.4, 0.5) is 0 Å². The predicted octanol–water partition coefficient (Wildman–Crippen LogP) is 2.66. The van der Waals surface area contributed by atoms with Gasteiger partial charge >= 0.3 is 0 Å². The van der Waals surface area contributed by atoms with Gasteiger partial charge in [0.25, 0.3) is 0 Å². The molecule has 6 nitrogen and oxygen atoms in total. The molecule has 0 spiro atoms. The third-order valence-corrected chi connectivity index (χ3v) is 4.89. The molecule has 0 saturated heterocycles. The molecule has 1 aromatic heterocycles. The van der Waals surface area contributed by atoms with Crippen LogP contribution in [0.5, 0.6) is 0 Å². The molecule has 0 atom stereocenters. The summed E-state index contributed by atoms with van der Waals surface area (Å²) >= 11 is 6.41. The van der Waals surface area contributed by atoms with Crippen molar-refractivity contribution in [3.8, 4) is 6.07 Å². The standard InChI is InChI=1S/C20H17ClN6/c21-16-6-2-1-5-14(16)17-15(10-22)18(20-25-8-9-27(20)19(17)23)26-12-13-4-3-7-24-11-13/h1-7,11,26H,8-9,12,23H2. The van der Waals surface area contributed by atoms with Crippen LogP contribution in [-0.4, -0.2) is 28.8 Å². The van der Waals surface area contributed by atoms with Gasteiger partial charge in [0.2, 0.25) is 0 Å². The van der Waals surface area contributed by atoms with Crippen LogP contribution in [0, 0.1) is 11.3 Å². The zero-order valence-electron chi connectivity index (χ0n) is 14.5. The van der Waals surface area contributed by atoms with Gasteiger partial charge in [0.1, 0.15) is 11.9 Å². The summed E-state index contributed by atoms with van der Waals surface area (Å²) in [5, 5.41) is 13.9. The molecule has 0 radical (unpaired) electrons. The number of hydrogen-bond acceptors (Lipinski definition) is 6. The molecule has 4 rings (SSSR count). The monoisotopic (exact) mass is 376 g/mol. The topological polar surface area (TPSA) is 90.3 Å². The zero-order chi connectivity index (χ0) is 18.8. The van der Waals surface area contributed by atoms with Crippen molar-refractivity contribution >= 4 is 23.0 Å². The number of nitriles is 1. The summed E-state index contributed by atoms with van der Waals surface area (Å²) < 4.78 is 0. The van der Waals surface area contributed by atoms with Crippen LogP contribution >= 0.6 is 11.6 Å². The number of nitrogens with two attached hydrogens (primary N) is 1. The number of nitrogens with one attached hydrogen (secondary N) is 1. The van der Waals surface area contributed by atoms with E-state index in [1.54, 1.807) is 18.5 Å². The summed E-state index contributed by atoms with van der Waals surface area (Å²) in [6.07, 6.45) is 3.52. The number of nitrogens with zero attached hydrogens (tertiary/aromatic N) is 4. The fraction of sp³-hybridized carbons (Fsp3) is 0.150. The second-order valence-corrected chi connectivity index (χ2v) is 6.58. The second kappa shape index (κ2) is 7.14. The minimum atomic E-state index is 0.446. The van der Waals surface area contributed by atoms with Crippen molar-refractivity contribution < 1.29 is 0 Å². The number of halogens is 1. The number of fused-ring (bicyclic) bond motifs is 1. The molecule has 0 bridgehead atoms. The molecule has 0 fully saturated rings. The van der Waals surface area contributed by atoms with E-state index in [9.17, 15) is 5.26 Å². The Balaban J connectivity index is 1.82. The van der Waals surface area contributed by atoms with Crippen LogP contribution in [0.1, 0.15) is 11.1 Å². The van der Waals surface area contributed by atoms with E-state index >= 15 is 0 Å². The summed E-state index contributed by atoms with van der Waals surface area (Å²) in [6.45, 7) is 1.82. The van der Waals surface area contributed by atoms with Crippen molar-refractivity contribution in [1.82, 2.24) is 15.2 Å². The second-order valence-electron chi connectivity index (χ2n) is 6.17. The number of aromatic nitrogens is 1. The molecule has 1 aromatic carbocycles. The Kier molecular flexibility index (Phi) is 4.53. The molecular formula is C20H17ClN6. The maximum absolute atomic E-state index is 9.95. The first-order chi connectivity index (χ1) is 13.2. The van der Waals surface area contributed by atoms with Gasteiger partial charge in [-0.1, -0.05) is 35.9 Å². The van der Waals surface area contributed by atoms with E-state index in [-0.39, 0.29) is 0 Å². The van der Waals surface area contributed by atoms with Gasteiger partial charge in [-0.25, -0.2) is 0 Å². The molecule has 0 aliphatic carbocycles. The van der Waals surface area contributed by atoms with E-state index < -0.39 is 0 Å². The van der Waals surface area contributed by atoms with Crippen LogP contribution in [0.3, 0.4) is 0 Å². The van der Waals surface area contributed by atoms with Gasteiger partial charge in [-0.05, 0) is 17.7 Å². The summed E-state index contributed by atoms with van der Waals surface area (Å²) in [6, 6.07) is 13.6. The molecule has 2 aliphatic heterocycles. The van der Waals surface area contributed by atoms with Crippen LogP contribution in [-0.2, 0) is 6.54 Å². The zero-order valence-corrected chi connectivity index (χ0v) is 15.2. The third kappa shape index (κ3) is 3.03. The lowest BCUT2D eigenvalue weighted by atomic mass is 9.93. The Morgan fingerprint density at radius 2 is 2.11 bits per heavy atom. The smallest absolute Gasteiger partial charge is 0.154 e. The highest BCUT2D eigenvalue weighted by Crippen LogP contribution is 2.37. The first-order valence-corrected chi connectivity index (χ1v) is 8.93. The lowest BCUT2D eigenvalue weighted by Crippen LogP contribution is -2.40. The van der Waals surface area contributed by atoms with E-state index in [2.05, 4.69) is 21.4 Å². The number of hydrogen-bond donors (Lipinski definition) is 2. The maximum Gasteiger partial charge on any atom is 0.154 e. The minimum absolute atomic E-state index is 0.446. The van der Waals surface area contributed by atoms with Crippen LogP contribution in [0.15, 0.2) is 70.9 Å². The number of rotatable bonds is 4.